The van der Waals surface area contributed by atoms with Gasteiger partial charge in [0.1, 0.15) is 0 Å². The van der Waals surface area contributed by atoms with Gasteiger partial charge in [0.2, 0.25) is 5.91 Å². The molecule has 1 amide bonds. The van der Waals surface area contributed by atoms with Crippen molar-refractivity contribution in [3.8, 4) is 0 Å². The Hall–Kier alpha value is -1.65. The maximum absolute atomic E-state index is 12.4. The number of rotatable bonds is 4. The van der Waals surface area contributed by atoms with Crippen LogP contribution in [0.3, 0.4) is 0 Å². The van der Waals surface area contributed by atoms with Crippen LogP contribution in [0.15, 0.2) is 47.8 Å². The van der Waals surface area contributed by atoms with E-state index < -0.39 is 0 Å². The average Bonchev–Trinajstić information content (AvgIpc) is 3.01. The molecule has 0 spiro atoms. The quantitative estimate of drug-likeness (QED) is 0.940. The second kappa shape index (κ2) is 6.87. The third-order valence-corrected chi connectivity index (χ3v) is 4.72. The van der Waals surface area contributed by atoms with Gasteiger partial charge in [0.25, 0.3) is 0 Å². The molecule has 1 saturated heterocycles. The largest absolute Gasteiger partial charge is 0.340 e. The first-order valence-corrected chi connectivity index (χ1v) is 8.27. The summed E-state index contributed by atoms with van der Waals surface area (Å²) in [6.45, 7) is 2.50. The Balaban J connectivity index is 1.56. The van der Waals surface area contributed by atoms with Crippen molar-refractivity contribution in [1.82, 2.24) is 10.2 Å². The monoisotopic (exact) mass is 300 g/mol. The molecule has 0 saturated carbocycles. The molecule has 3 nitrogen and oxygen atoms in total. The number of hydrogen-bond donors (Lipinski definition) is 1. The van der Waals surface area contributed by atoms with Gasteiger partial charge in [-0.25, -0.2) is 0 Å². The molecule has 1 aromatic carbocycles. The maximum atomic E-state index is 12.4. The molecule has 0 radical (unpaired) electrons. The van der Waals surface area contributed by atoms with E-state index in [2.05, 4.69) is 29.6 Å². The second-order valence-corrected chi connectivity index (χ2v) is 6.47. The van der Waals surface area contributed by atoms with Gasteiger partial charge in [0.05, 0.1) is 6.42 Å². The van der Waals surface area contributed by atoms with Gasteiger partial charge in [-0.15, -0.1) is 11.3 Å². The Morgan fingerprint density at radius 2 is 2.10 bits per heavy atom. The van der Waals surface area contributed by atoms with Gasteiger partial charge in [0, 0.05) is 30.6 Å². The van der Waals surface area contributed by atoms with Crippen molar-refractivity contribution in [1.29, 1.82) is 0 Å². The lowest BCUT2D eigenvalue weighted by Gasteiger charge is -2.34. The number of nitrogens with one attached hydrogen (secondary N) is 1. The highest BCUT2D eigenvalue weighted by Crippen LogP contribution is 2.13. The molecule has 1 N–H and O–H groups in total. The molecular formula is C17H20N2OS. The molecule has 2 heterocycles. The number of nitrogens with zero attached hydrogens (tertiary/aromatic N) is 1. The van der Waals surface area contributed by atoms with Crippen molar-refractivity contribution in [3.05, 3.63) is 58.3 Å². The third kappa shape index (κ3) is 3.93. The first-order valence-electron chi connectivity index (χ1n) is 7.39. The molecule has 21 heavy (non-hydrogen) atoms. The van der Waals surface area contributed by atoms with Crippen LogP contribution in [0.1, 0.15) is 10.4 Å². The maximum Gasteiger partial charge on any atom is 0.227 e. The van der Waals surface area contributed by atoms with Gasteiger partial charge >= 0.3 is 0 Å². The van der Waals surface area contributed by atoms with E-state index in [1.165, 1.54) is 5.56 Å². The molecule has 3 rings (SSSR count). The van der Waals surface area contributed by atoms with Crippen molar-refractivity contribution >= 4 is 17.2 Å². The molecule has 1 unspecified atom stereocenters. The third-order valence-electron chi connectivity index (χ3n) is 3.84. The fourth-order valence-corrected chi connectivity index (χ4v) is 3.46. The van der Waals surface area contributed by atoms with E-state index in [0.717, 1.165) is 30.9 Å². The first kappa shape index (κ1) is 14.3. The minimum Gasteiger partial charge on any atom is -0.340 e. The highest BCUT2D eigenvalue weighted by Gasteiger charge is 2.23. The summed E-state index contributed by atoms with van der Waals surface area (Å²) in [5, 5.41) is 5.55. The number of amides is 1. The molecule has 1 aliphatic rings. The number of piperazine rings is 1. The van der Waals surface area contributed by atoms with Gasteiger partial charge < -0.3 is 10.2 Å². The van der Waals surface area contributed by atoms with Crippen LogP contribution in [0.2, 0.25) is 0 Å². The van der Waals surface area contributed by atoms with Crippen LogP contribution in [0, 0.1) is 0 Å². The van der Waals surface area contributed by atoms with E-state index in [9.17, 15) is 4.79 Å². The van der Waals surface area contributed by atoms with Gasteiger partial charge in [0.15, 0.2) is 0 Å². The molecule has 2 aromatic rings. The van der Waals surface area contributed by atoms with Gasteiger partial charge in [-0.2, -0.15) is 0 Å². The number of hydrogen-bond acceptors (Lipinski definition) is 3. The predicted octanol–water partition coefficient (Wildman–Crippen LogP) is 2.33. The molecule has 1 atom stereocenters. The first-order chi connectivity index (χ1) is 10.3. The Bertz CT molecular complexity index is 568. The van der Waals surface area contributed by atoms with Crippen molar-refractivity contribution in [2.75, 3.05) is 19.6 Å². The Labute approximate surface area is 129 Å². The van der Waals surface area contributed by atoms with Gasteiger partial charge in [-0.3, -0.25) is 4.79 Å². The molecule has 0 bridgehead atoms. The summed E-state index contributed by atoms with van der Waals surface area (Å²) >= 11 is 1.66. The van der Waals surface area contributed by atoms with E-state index in [4.69, 9.17) is 0 Å². The molecule has 0 aliphatic carbocycles. The van der Waals surface area contributed by atoms with Crippen LogP contribution in [0.25, 0.3) is 0 Å². The standard InChI is InChI=1S/C17H20N2OS/c20-17(12-16-7-4-10-21-16)19-9-8-18-15(13-19)11-14-5-2-1-3-6-14/h1-7,10,15,18H,8-9,11-13H2. The summed E-state index contributed by atoms with van der Waals surface area (Å²) in [6.07, 6.45) is 1.51. The number of benzene rings is 1. The molecular weight excluding hydrogens is 280 g/mol. The van der Waals surface area contributed by atoms with E-state index in [0.29, 0.717) is 12.5 Å². The molecule has 1 aliphatic heterocycles. The molecule has 4 heteroatoms. The van der Waals surface area contributed by atoms with E-state index in [1.807, 2.05) is 28.5 Å². The average molecular weight is 300 g/mol. The lowest BCUT2D eigenvalue weighted by atomic mass is 10.0. The van der Waals surface area contributed by atoms with Crippen molar-refractivity contribution in [2.45, 2.75) is 18.9 Å². The Morgan fingerprint density at radius 1 is 1.24 bits per heavy atom. The fourth-order valence-electron chi connectivity index (χ4n) is 2.76. The second-order valence-electron chi connectivity index (χ2n) is 5.44. The van der Waals surface area contributed by atoms with E-state index >= 15 is 0 Å². The number of carbonyl (C=O) groups is 1. The Morgan fingerprint density at radius 3 is 2.86 bits per heavy atom. The minimum absolute atomic E-state index is 0.247. The SMILES string of the molecule is O=C(Cc1cccs1)N1CCNC(Cc2ccccc2)C1. The zero-order valence-corrected chi connectivity index (χ0v) is 12.8. The fraction of sp³-hybridized carbons (Fsp3) is 0.353. The summed E-state index contributed by atoms with van der Waals surface area (Å²) in [5.74, 6) is 0.247. The highest BCUT2D eigenvalue weighted by molar-refractivity contribution is 7.10. The summed E-state index contributed by atoms with van der Waals surface area (Å²) in [6, 6.07) is 14.9. The van der Waals surface area contributed by atoms with Gasteiger partial charge in [-0.05, 0) is 23.4 Å². The topological polar surface area (TPSA) is 32.3 Å². The van der Waals surface area contributed by atoms with Crippen LogP contribution in [-0.4, -0.2) is 36.5 Å². The van der Waals surface area contributed by atoms with Crippen LogP contribution in [-0.2, 0) is 17.6 Å². The zero-order valence-electron chi connectivity index (χ0n) is 12.0. The zero-order chi connectivity index (χ0) is 14.5. The highest BCUT2D eigenvalue weighted by atomic mass is 32.1. The summed E-state index contributed by atoms with van der Waals surface area (Å²) in [4.78, 5) is 15.5. The van der Waals surface area contributed by atoms with Crippen LogP contribution in [0.5, 0.6) is 0 Å². The van der Waals surface area contributed by atoms with Crippen LogP contribution >= 0.6 is 11.3 Å². The van der Waals surface area contributed by atoms with Crippen molar-refractivity contribution < 1.29 is 4.79 Å². The summed E-state index contributed by atoms with van der Waals surface area (Å²) < 4.78 is 0. The van der Waals surface area contributed by atoms with Crippen molar-refractivity contribution in [2.24, 2.45) is 0 Å². The molecule has 110 valence electrons. The summed E-state index contributed by atoms with van der Waals surface area (Å²) in [7, 11) is 0. The lowest BCUT2D eigenvalue weighted by Crippen LogP contribution is -2.53. The molecule has 1 fully saturated rings. The molecule has 1 aromatic heterocycles. The smallest absolute Gasteiger partial charge is 0.227 e. The number of carbonyl (C=O) groups excluding carboxylic acids is 1. The Kier molecular flexibility index (Phi) is 4.68. The predicted molar refractivity (Wildman–Crippen MR) is 86.5 cm³/mol. The van der Waals surface area contributed by atoms with Gasteiger partial charge in [-0.1, -0.05) is 36.4 Å². The number of thiophene rings is 1. The van der Waals surface area contributed by atoms with E-state index in [1.54, 1.807) is 11.3 Å². The lowest BCUT2D eigenvalue weighted by molar-refractivity contribution is -0.131. The normalized spacial score (nSPS) is 18.7. The van der Waals surface area contributed by atoms with Crippen LogP contribution < -0.4 is 5.32 Å². The van der Waals surface area contributed by atoms with Crippen LogP contribution in [0.4, 0.5) is 0 Å². The minimum atomic E-state index is 0.247. The van der Waals surface area contributed by atoms with Crippen molar-refractivity contribution in [3.63, 3.8) is 0 Å². The van der Waals surface area contributed by atoms with E-state index in [-0.39, 0.29) is 5.91 Å². The summed E-state index contributed by atoms with van der Waals surface area (Å²) in [5.41, 5.74) is 1.32.